The second-order valence-electron chi connectivity index (χ2n) is 3.38. The predicted octanol–water partition coefficient (Wildman–Crippen LogP) is 3.58. The third-order valence-corrected chi connectivity index (χ3v) is 2.67. The topological polar surface area (TPSA) is 49.8 Å². The van der Waals surface area contributed by atoms with Gasteiger partial charge < -0.3 is 5.73 Å². The van der Waals surface area contributed by atoms with Crippen molar-refractivity contribution in [1.82, 2.24) is 0 Å². The van der Waals surface area contributed by atoms with Crippen LogP contribution in [0.25, 0.3) is 5.70 Å². The fraction of sp³-hybridized carbons (Fsp3) is 0.250. The van der Waals surface area contributed by atoms with E-state index in [4.69, 9.17) is 11.0 Å². The summed E-state index contributed by atoms with van der Waals surface area (Å²) in [5, 5.41) is 8.93. The Morgan fingerprint density at radius 1 is 1.56 bits per heavy atom. The largest absolute Gasteiger partial charge is 0.397 e. The molecule has 2 N–H and O–H groups in total. The highest BCUT2D eigenvalue weighted by Crippen LogP contribution is 2.23. The maximum absolute atomic E-state index is 13.5. The molecular weight excluding hydrogens is 271 g/mol. The van der Waals surface area contributed by atoms with Crippen molar-refractivity contribution in [2.24, 2.45) is 5.73 Å². The molecule has 0 fully saturated rings. The summed E-state index contributed by atoms with van der Waals surface area (Å²) in [5.74, 6) is -0.412. The molecule has 0 amide bonds. The van der Waals surface area contributed by atoms with Crippen molar-refractivity contribution in [3.05, 3.63) is 39.6 Å². The van der Waals surface area contributed by atoms with Crippen LogP contribution in [0.4, 0.5) is 4.39 Å². The number of allylic oxidation sites excluding steroid dienone is 1. The highest BCUT2D eigenvalue weighted by atomic mass is 79.9. The first-order valence-corrected chi connectivity index (χ1v) is 5.73. The van der Waals surface area contributed by atoms with E-state index in [1.165, 1.54) is 6.07 Å². The fourth-order valence-corrected chi connectivity index (χ4v) is 1.73. The molecule has 16 heavy (non-hydrogen) atoms. The molecule has 1 aromatic carbocycles. The Balaban J connectivity index is 3.27. The van der Waals surface area contributed by atoms with E-state index in [1.54, 1.807) is 12.1 Å². The molecule has 1 aromatic rings. The van der Waals surface area contributed by atoms with Crippen LogP contribution in [-0.4, -0.2) is 0 Å². The van der Waals surface area contributed by atoms with Crippen molar-refractivity contribution >= 4 is 21.6 Å². The number of nitriles is 1. The first kappa shape index (κ1) is 12.7. The van der Waals surface area contributed by atoms with Crippen LogP contribution >= 0.6 is 15.9 Å². The number of nitrogens with zero attached hydrogens (tertiary/aromatic N) is 1. The van der Waals surface area contributed by atoms with Crippen LogP contribution in [0.1, 0.15) is 25.3 Å². The van der Waals surface area contributed by atoms with Gasteiger partial charge >= 0.3 is 0 Å². The van der Waals surface area contributed by atoms with Crippen molar-refractivity contribution in [1.29, 1.82) is 5.26 Å². The highest BCUT2D eigenvalue weighted by molar-refractivity contribution is 9.10. The molecule has 0 aliphatic rings. The molecule has 0 saturated heterocycles. The van der Waals surface area contributed by atoms with Crippen LogP contribution < -0.4 is 5.73 Å². The summed E-state index contributed by atoms with van der Waals surface area (Å²) in [6.45, 7) is 1.95. The van der Waals surface area contributed by atoms with Gasteiger partial charge in [-0.15, -0.1) is 0 Å². The van der Waals surface area contributed by atoms with E-state index in [0.29, 0.717) is 12.0 Å². The van der Waals surface area contributed by atoms with Crippen molar-refractivity contribution in [2.75, 3.05) is 0 Å². The lowest BCUT2D eigenvalue weighted by molar-refractivity contribution is 0.623. The van der Waals surface area contributed by atoms with Crippen LogP contribution in [0.3, 0.4) is 0 Å². The van der Waals surface area contributed by atoms with Gasteiger partial charge in [0, 0.05) is 10.0 Å². The van der Waals surface area contributed by atoms with Crippen molar-refractivity contribution in [3.8, 4) is 6.07 Å². The second-order valence-corrected chi connectivity index (χ2v) is 4.29. The van der Waals surface area contributed by atoms with Crippen LogP contribution in [0.5, 0.6) is 0 Å². The molecule has 0 aliphatic carbocycles. The number of benzene rings is 1. The Hall–Kier alpha value is -1.34. The van der Waals surface area contributed by atoms with E-state index >= 15 is 0 Å². The monoisotopic (exact) mass is 282 g/mol. The first-order valence-electron chi connectivity index (χ1n) is 4.94. The molecule has 0 saturated carbocycles. The standard InChI is InChI=1S/C12H12BrFN2/c1-2-3-8(7-15)12(16)10-6-9(13)4-5-11(10)14/h4-6H,2-3,16H2,1H3/b12-8-. The number of halogens is 2. The van der Waals surface area contributed by atoms with Gasteiger partial charge in [-0.1, -0.05) is 29.3 Å². The van der Waals surface area contributed by atoms with Crippen molar-refractivity contribution in [2.45, 2.75) is 19.8 Å². The third kappa shape index (κ3) is 2.83. The van der Waals surface area contributed by atoms with Gasteiger partial charge in [0.15, 0.2) is 0 Å². The lowest BCUT2D eigenvalue weighted by Crippen LogP contribution is -2.03. The van der Waals surface area contributed by atoms with Crippen LogP contribution in [0, 0.1) is 17.1 Å². The lowest BCUT2D eigenvalue weighted by Gasteiger charge is -2.07. The summed E-state index contributed by atoms with van der Waals surface area (Å²) in [4.78, 5) is 0. The molecule has 84 valence electrons. The number of rotatable bonds is 3. The summed E-state index contributed by atoms with van der Waals surface area (Å²) < 4.78 is 14.2. The maximum atomic E-state index is 13.5. The van der Waals surface area contributed by atoms with E-state index in [9.17, 15) is 4.39 Å². The molecule has 0 bridgehead atoms. The van der Waals surface area contributed by atoms with Crippen LogP contribution in [0.2, 0.25) is 0 Å². The molecule has 0 heterocycles. The normalized spacial score (nSPS) is 11.9. The minimum Gasteiger partial charge on any atom is -0.397 e. The zero-order chi connectivity index (χ0) is 12.1. The predicted molar refractivity (Wildman–Crippen MR) is 65.7 cm³/mol. The fourth-order valence-electron chi connectivity index (χ4n) is 1.37. The number of hydrogen-bond donors (Lipinski definition) is 1. The van der Waals surface area contributed by atoms with Crippen LogP contribution in [0.15, 0.2) is 28.2 Å². The zero-order valence-electron chi connectivity index (χ0n) is 8.93. The third-order valence-electron chi connectivity index (χ3n) is 2.18. The van der Waals surface area contributed by atoms with Gasteiger partial charge in [0.2, 0.25) is 0 Å². The minimum atomic E-state index is -0.412. The summed E-state index contributed by atoms with van der Waals surface area (Å²) in [6, 6.07) is 6.52. The second kappa shape index (κ2) is 5.66. The van der Waals surface area contributed by atoms with Crippen molar-refractivity contribution < 1.29 is 4.39 Å². The number of nitrogens with two attached hydrogens (primary N) is 1. The Morgan fingerprint density at radius 2 is 2.25 bits per heavy atom. The highest BCUT2D eigenvalue weighted by Gasteiger charge is 2.10. The molecule has 0 spiro atoms. The molecule has 2 nitrogen and oxygen atoms in total. The molecule has 0 unspecified atom stereocenters. The molecule has 0 aliphatic heterocycles. The van der Waals surface area contributed by atoms with Gasteiger partial charge in [-0.25, -0.2) is 4.39 Å². The molecule has 4 heteroatoms. The van der Waals surface area contributed by atoms with Gasteiger partial charge in [0.1, 0.15) is 5.82 Å². The molecule has 0 radical (unpaired) electrons. The Morgan fingerprint density at radius 3 is 2.81 bits per heavy atom. The van der Waals surface area contributed by atoms with E-state index in [-0.39, 0.29) is 11.3 Å². The molecule has 0 aromatic heterocycles. The van der Waals surface area contributed by atoms with Gasteiger partial charge in [0.05, 0.1) is 17.3 Å². The smallest absolute Gasteiger partial charge is 0.132 e. The van der Waals surface area contributed by atoms with Gasteiger partial charge in [-0.05, 0) is 24.6 Å². The SMILES string of the molecule is CCC/C(C#N)=C(/N)c1cc(Br)ccc1F. The van der Waals surface area contributed by atoms with E-state index in [2.05, 4.69) is 15.9 Å². The summed E-state index contributed by atoms with van der Waals surface area (Å²) >= 11 is 3.25. The average Bonchev–Trinajstić information content (AvgIpc) is 2.28. The van der Waals surface area contributed by atoms with E-state index < -0.39 is 5.82 Å². The minimum absolute atomic E-state index is 0.225. The van der Waals surface area contributed by atoms with E-state index in [0.717, 1.165) is 10.9 Å². The molecule has 0 atom stereocenters. The zero-order valence-corrected chi connectivity index (χ0v) is 10.5. The Labute approximate surface area is 103 Å². The van der Waals surface area contributed by atoms with Crippen molar-refractivity contribution in [3.63, 3.8) is 0 Å². The Bertz CT molecular complexity index is 461. The molecular formula is C12H12BrFN2. The average molecular weight is 283 g/mol. The van der Waals surface area contributed by atoms with Crippen LogP contribution in [-0.2, 0) is 0 Å². The number of hydrogen-bond acceptors (Lipinski definition) is 2. The van der Waals surface area contributed by atoms with Gasteiger partial charge in [-0.3, -0.25) is 0 Å². The Kier molecular flexibility index (Phi) is 4.51. The maximum Gasteiger partial charge on any atom is 0.132 e. The first-order chi connectivity index (χ1) is 7.60. The summed E-state index contributed by atoms with van der Waals surface area (Å²) in [6.07, 6.45) is 1.37. The summed E-state index contributed by atoms with van der Waals surface area (Å²) in [5.41, 5.74) is 6.73. The van der Waals surface area contributed by atoms with Gasteiger partial charge in [0.25, 0.3) is 0 Å². The van der Waals surface area contributed by atoms with Gasteiger partial charge in [-0.2, -0.15) is 5.26 Å². The quantitative estimate of drug-likeness (QED) is 0.862. The lowest BCUT2D eigenvalue weighted by atomic mass is 10.0. The molecule has 1 rings (SSSR count). The summed E-state index contributed by atoms with van der Waals surface area (Å²) in [7, 11) is 0. The van der Waals surface area contributed by atoms with E-state index in [1.807, 2.05) is 13.0 Å².